The quantitative estimate of drug-likeness (QED) is 0.895. The van der Waals surface area contributed by atoms with Gasteiger partial charge in [-0.2, -0.15) is 0 Å². The van der Waals surface area contributed by atoms with Gasteiger partial charge >= 0.3 is 5.97 Å². The Morgan fingerprint density at radius 1 is 1.50 bits per heavy atom. The number of ether oxygens (including phenoxy) is 1. The first-order chi connectivity index (χ1) is 8.58. The van der Waals surface area contributed by atoms with E-state index in [4.69, 9.17) is 9.84 Å². The van der Waals surface area contributed by atoms with Crippen LogP contribution in [-0.4, -0.2) is 41.1 Å². The topological polar surface area (TPSA) is 66.8 Å². The molecule has 1 aliphatic heterocycles. The molecule has 1 aromatic heterocycles. The van der Waals surface area contributed by atoms with Crippen LogP contribution >= 0.6 is 11.3 Å². The number of carbonyl (C=O) groups excluding carboxylic acids is 1. The summed E-state index contributed by atoms with van der Waals surface area (Å²) < 4.78 is 5.24. The summed E-state index contributed by atoms with van der Waals surface area (Å²) in [4.78, 5) is 25.5. The highest BCUT2D eigenvalue weighted by Crippen LogP contribution is 2.22. The Morgan fingerprint density at radius 3 is 2.78 bits per heavy atom. The largest absolute Gasteiger partial charge is 0.479 e. The number of hydrogen-bond donors (Lipinski definition) is 1. The third-order valence-electron chi connectivity index (χ3n) is 2.92. The zero-order chi connectivity index (χ0) is 13.1. The number of carboxylic acid groups (broad SMARTS) is 1. The van der Waals surface area contributed by atoms with Crippen LogP contribution in [0.2, 0.25) is 0 Å². The zero-order valence-electron chi connectivity index (χ0n) is 10.0. The number of amides is 1. The number of nitrogens with zero attached hydrogens (tertiary/aromatic N) is 1. The zero-order valence-corrected chi connectivity index (χ0v) is 10.9. The van der Waals surface area contributed by atoms with E-state index >= 15 is 0 Å². The van der Waals surface area contributed by atoms with Crippen LogP contribution in [0, 0.1) is 0 Å². The first-order valence-corrected chi connectivity index (χ1v) is 6.61. The molecule has 1 aromatic rings. The van der Waals surface area contributed by atoms with Crippen molar-refractivity contribution in [3.63, 3.8) is 0 Å². The van der Waals surface area contributed by atoms with E-state index in [1.807, 2.05) is 17.5 Å². The fraction of sp³-hybridized carbons (Fsp3) is 0.500. The number of hydrogen-bond acceptors (Lipinski definition) is 4. The van der Waals surface area contributed by atoms with Crippen LogP contribution in [0.4, 0.5) is 0 Å². The van der Waals surface area contributed by atoms with Crippen molar-refractivity contribution in [1.29, 1.82) is 0 Å². The number of aliphatic carboxylic acids is 1. The maximum absolute atomic E-state index is 12.1. The summed E-state index contributed by atoms with van der Waals surface area (Å²) in [7, 11) is 1.71. The number of carbonyl (C=O) groups is 2. The summed E-state index contributed by atoms with van der Waals surface area (Å²) in [5, 5.41) is 10.8. The van der Waals surface area contributed by atoms with E-state index in [0.29, 0.717) is 19.4 Å². The molecular formula is C12H15NO4S. The van der Waals surface area contributed by atoms with Gasteiger partial charge in [0.2, 0.25) is 0 Å². The maximum atomic E-state index is 12.1. The van der Waals surface area contributed by atoms with Gasteiger partial charge in [-0.15, -0.1) is 11.3 Å². The minimum absolute atomic E-state index is 0.146. The molecule has 5 nitrogen and oxygen atoms in total. The van der Waals surface area contributed by atoms with E-state index in [9.17, 15) is 9.59 Å². The smallest absolute Gasteiger partial charge is 0.332 e. The van der Waals surface area contributed by atoms with Gasteiger partial charge in [-0.25, -0.2) is 4.79 Å². The Morgan fingerprint density at radius 2 is 2.22 bits per heavy atom. The predicted octanol–water partition coefficient (Wildman–Crippen LogP) is 1.34. The van der Waals surface area contributed by atoms with Crippen LogP contribution in [0.1, 0.15) is 17.7 Å². The molecule has 2 heterocycles. The molecule has 1 aliphatic rings. The van der Waals surface area contributed by atoms with Gasteiger partial charge in [-0.1, -0.05) is 6.07 Å². The van der Waals surface area contributed by atoms with Gasteiger partial charge in [-0.3, -0.25) is 4.79 Å². The molecule has 6 heteroatoms. The molecule has 98 valence electrons. The molecule has 1 amide bonds. The van der Waals surface area contributed by atoms with Crippen molar-refractivity contribution in [3.05, 3.63) is 22.4 Å². The second kappa shape index (κ2) is 5.49. The molecule has 0 aromatic carbocycles. The van der Waals surface area contributed by atoms with Crippen LogP contribution in [-0.2, 0) is 20.9 Å². The Labute approximate surface area is 109 Å². The second-order valence-electron chi connectivity index (χ2n) is 4.30. The normalized spacial score (nSPS) is 22.9. The number of carboxylic acids is 1. The highest BCUT2D eigenvalue weighted by atomic mass is 32.1. The van der Waals surface area contributed by atoms with E-state index in [-0.39, 0.29) is 5.91 Å². The fourth-order valence-electron chi connectivity index (χ4n) is 1.96. The van der Waals surface area contributed by atoms with Crippen molar-refractivity contribution in [2.45, 2.75) is 31.6 Å². The van der Waals surface area contributed by atoms with E-state index in [2.05, 4.69) is 0 Å². The molecule has 0 bridgehead atoms. The summed E-state index contributed by atoms with van der Waals surface area (Å²) >= 11 is 1.59. The Balaban J connectivity index is 1.90. The molecule has 0 saturated carbocycles. The SMILES string of the molecule is CN(Cc1cccs1)C(=O)[C@@H]1CC[C@H](C(=O)O)O1. The van der Waals surface area contributed by atoms with Crippen molar-refractivity contribution >= 4 is 23.2 Å². The number of likely N-dealkylation sites (N-methyl/N-ethyl adjacent to an activating group) is 1. The molecular weight excluding hydrogens is 254 g/mol. The molecule has 2 atom stereocenters. The molecule has 1 N–H and O–H groups in total. The van der Waals surface area contributed by atoms with Crippen LogP contribution in [0.3, 0.4) is 0 Å². The van der Waals surface area contributed by atoms with Crippen molar-refractivity contribution in [3.8, 4) is 0 Å². The molecule has 18 heavy (non-hydrogen) atoms. The van der Waals surface area contributed by atoms with Crippen molar-refractivity contribution in [1.82, 2.24) is 4.90 Å². The van der Waals surface area contributed by atoms with Crippen LogP contribution in [0.5, 0.6) is 0 Å². The summed E-state index contributed by atoms with van der Waals surface area (Å²) in [5.41, 5.74) is 0. The summed E-state index contributed by atoms with van der Waals surface area (Å²) in [6, 6.07) is 3.90. The molecule has 1 fully saturated rings. The van der Waals surface area contributed by atoms with Gasteiger partial charge in [-0.05, 0) is 24.3 Å². The third kappa shape index (κ3) is 2.88. The van der Waals surface area contributed by atoms with Gasteiger partial charge in [0.25, 0.3) is 5.91 Å². The van der Waals surface area contributed by atoms with Crippen molar-refractivity contribution in [2.75, 3.05) is 7.05 Å². The van der Waals surface area contributed by atoms with Crippen LogP contribution < -0.4 is 0 Å². The van der Waals surface area contributed by atoms with E-state index < -0.39 is 18.2 Å². The Bertz CT molecular complexity index is 431. The van der Waals surface area contributed by atoms with Gasteiger partial charge in [0.05, 0.1) is 6.54 Å². The fourth-order valence-corrected chi connectivity index (χ4v) is 2.72. The minimum atomic E-state index is -0.994. The monoisotopic (exact) mass is 269 g/mol. The van der Waals surface area contributed by atoms with E-state index in [1.165, 1.54) is 0 Å². The maximum Gasteiger partial charge on any atom is 0.332 e. The predicted molar refractivity (Wildman–Crippen MR) is 66.3 cm³/mol. The molecule has 1 saturated heterocycles. The average Bonchev–Trinajstić information content (AvgIpc) is 2.98. The van der Waals surface area contributed by atoms with Crippen LogP contribution in [0.25, 0.3) is 0 Å². The van der Waals surface area contributed by atoms with Crippen molar-refractivity contribution < 1.29 is 19.4 Å². The summed E-state index contributed by atoms with van der Waals surface area (Å²) in [6.45, 7) is 0.536. The highest BCUT2D eigenvalue weighted by Gasteiger charge is 2.35. The number of thiophene rings is 1. The highest BCUT2D eigenvalue weighted by molar-refractivity contribution is 7.09. The van der Waals surface area contributed by atoms with Gasteiger partial charge < -0.3 is 14.7 Å². The van der Waals surface area contributed by atoms with Gasteiger partial charge in [0.1, 0.15) is 6.10 Å². The van der Waals surface area contributed by atoms with Gasteiger partial charge in [0.15, 0.2) is 6.10 Å². The first-order valence-electron chi connectivity index (χ1n) is 5.73. The average molecular weight is 269 g/mol. The lowest BCUT2D eigenvalue weighted by Crippen LogP contribution is -2.36. The second-order valence-corrected chi connectivity index (χ2v) is 5.33. The van der Waals surface area contributed by atoms with Crippen LogP contribution in [0.15, 0.2) is 17.5 Å². The van der Waals surface area contributed by atoms with Crippen molar-refractivity contribution in [2.24, 2.45) is 0 Å². The molecule has 2 rings (SSSR count). The summed E-state index contributed by atoms with van der Waals surface area (Å²) in [5.74, 6) is -1.14. The molecule has 0 aliphatic carbocycles. The summed E-state index contributed by atoms with van der Waals surface area (Å²) in [6.07, 6.45) is -0.575. The Kier molecular flexibility index (Phi) is 3.98. The van der Waals surface area contributed by atoms with Gasteiger partial charge in [0, 0.05) is 11.9 Å². The number of rotatable bonds is 4. The molecule has 0 radical (unpaired) electrons. The van der Waals surface area contributed by atoms with E-state index in [1.54, 1.807) is 23.3 Å². The lowest BCUT2D eigenvalue weighted by molar-refractivity contribution is -0.154. The third-order valence-corrected chi connectivity index (χ3v) is 3.78. The lowest BCUT2D eigenvalue weighted by Gasteiger charge is -2.20. The minimum Gasteiger partial charge on any atom is -0.479 e. The molecule has 0 unspecified atom stereocenters. The lowest BCUT2D eigenvalue weighted by atomic mass is 10.2. The Hall–Kier alpha value is -1.40. The standard InChI is InChI=1S/C12H15NO4S/c1-13(7-8-3-2-6-18-8)11(14)9-4-5-10(17-9)12(15)16/h2-3,6,9-10H,4-5,7H2,1H3,(H,15,16)/t9-,10+/m0/s1. The molecule has 0 spiro atoms. The van der Waals surface area contributed by atoms with E-state index in [0.717, 1.165) is 4.88 Å². The first kappa shape index (κ1) is 13.0.